The Kier molecular flexibility index (Phi) is 8.62. The minimum Gasteiger partial charge on any atom is -0.383 e. The lowest BCUT2D eigenvalue weighted by Crippen LogP contribution is -2.44. The van der Waals surface area contributed by atoms with E-state index in [0.717, 1.165) is 43.6 Å². The highest BCUT2D eigenvalue weighted by Crippen LogP contribution is 2.27. The van der Waals surface area contributed by atoms with Crippen LogP contribution in [-0.4, -0.2) is 54.5 Å². The first-order chi connectivity index (χ1) is 16.2. The van der Waals surface area contributed by atoms with Gasteiger partial charge in [0.15, 0.2) is 0 Å². The van der Waals surface area contributed by atoms with E-state index in [1.807, 2.05) is 13.0 Å². The fraction of sp³-hybridized carbons (Fsp3) is 0.458. The number of rotatable bonds is 8. The molecule has 184 valence electrons. The molecule has 1 aromatic heterocycles. The molecule has 7 nitrogen and oxygen atoms in total. The molecule has 0 spiro atoms. The van der Waals surface area contributed by atoms with Crippen LogP contribution in [0.5, 0.6) is 0 Å². The number of halogens is 3. The van der Waals surface area contributed by atoms with Gasteiger partial charge in [-0.15, -0.1) is 0 Å². The molecule has 0 saturated carbocycles. The number of carbonyl (C=O) groups excluding carboxylic acids is 2. The Morgan fingerprint density at radius 3 is 2.56 bits per heavy atom. The Hall–Kier alpha value is -2.98. The summed E-state index contributed by atoms with van der Waals surface area (Å²) in [7, 11) is 1.60. The number of likely N-dealkylation sites (tertiary alicyclic amines) is 1. The zero-order valence-electron chi connectivity index (χ0n) is 19.2. The van der Waals surface area contributed by atoms with Crippen molar-refractivity contribution < 1.29 is 27.5 Å². The molecule has 1 unspecified atom stereocenters. The second kappa shape index (κ2) is 11.4. The number of hydrogen-bond donors (Lipinski definition) is 2. The molecule has 1 aliphatic rings. The zero-order valence-corrected chi connectivity index (χ0v) is 19.2. The first-order valence-electron chi connectivity index (χ1n) is 11.1. The number of amides is 2. The molecule has 3 rings (SSSR count). The van der Waals surface area contributed by atoms with E-state index in [-0.39, 0.29) is 23.6 Å². The lowest BCUT2D eigenvalue weighted by atomic mass is 9.95. The van der Waals surface area contributed by atoms with Gasteiger partial charge in [-0.1, -0.05) is 18.2 Å². The van der Waals surface area contributed by atoms with Crippen molar-refractivity contribution in [3.8, 4) is 0 Å². The highest BCUT2D eigenvalue weighted by molar-refractivity contribution is 6.02. The van der Waals surface area contributed by atoms with Gasteiger partial charge in [-0.2, -0.15) is 13.2 Å². The van der Waals surface area contributed by atoms with Crippen LogP contribution in [-0.2, 0) is 22.3 Å². The summed E-state index contributed by atoms with van der Waals surface area (Å²) in [6, 6.07) is 10.4. The Morgan fingerprint density at radius 2 is 1.88 bits per heavy atom. The number of alkyl halides is 3. The molecule has 2 aromatic rings. The van der Waals surface area contributed by atoms with Crippen molar-refractivity contribution in [2.45, 2.75) is 38.5 Å². The lowest BCUT2D eigenvalue weighted by Gasteiger charge is -2.32. The molecule has 1 aliphatic heterocycles. The van der Waals surface area contributed by atoms with Crippen LogP contribution in [0.3, 0.4) is 0 Å². The fourth-order valence-corrected chi connectivity index (χ4v) is 3.93. The zero-order chi connectivity index (χ0) is 24.7. The maximum Gasteiger partial charge on any atom is 0.433 e. The van der Waals surface area contributed by atoms with Crippen LogP contribution < -0.4 is 10.6 Å². The number of ether oxygens (including phenoxy) is 1. The molecule has 1 saturated heterocycles. The fourth-order valence-electron chi connectivity index (χ4n) is 3.93. The van der Waals surface area contributed by atoms with Gasteiger partial charge < -0.3 is 15.4 Å². The number of hydrogen-bond acceptors (Lipinski definition) is 5. The van der Waals surface area contributed by atoms with Crippen LogP contribution in [0.4, 0.5) is 18.9 Å². The van der Waals surface area contributed by atoms with Crippen LogP contribution in [0.25, 0.3) is 0 Å². The lowest BCUT2D eigenvalue weighted by molar-refractivity contribution is -0.141. The summed E-state index contributed by atoms with van der Waals surface area (Å²) in [5.41, 5.74) is 0.00839. The third-order valence-corrected chi connectivity index (χ3v) is 5.63. The van der Waals surface area contributed by atoms with Crippen LogP contribution >= 0.6 is 0 Å². The molecule has 0 bridgehead atoms. The van der Waals surface area contributed by atoms with Gasteiger partial charge in [0.2, 0.25) is 5.91 Å². The Balaban J connectivity index is 1.53. The number of aromatic nitrogens is 1. The molecule has 0 radical (unpaired) electrons. The summed E-state index contributed by atoms with van der Waals surface area (Å²) in [6.45, 7) is 4.55. The molecule has 1 atom stereocenters. The molecule has 0 aliphatic carbocycles. The summed E-state index contributed by atoms with van der Waals surface area (Å²) in [4.78, 5) is 30.5. The molecule has 2 amide bonds. The van der Waals surface area contributed by atoms with Crippen molar-refractivity contribution in [2.24, 2.45) is 5.92 Å². The molecular weight excluding hydrogens is 449 g/mol. The van der Waals surface area contributed by atoms with Crippen LogP contribution in [0, 0.1) is 5.92 Å². The number of methoxy groups -OCH3 is 1. The normalized spacial score (nSPS) is 16.1. The van der Waals surface area contributed by atoms with Crippen LogP contribution in [0.1, 0.15) is 41.5 Å². The summed E-state index contributed by atoms with van der Waals surface area (Å²) >= 11 is 0. The van der Waals surface area contributed by atoms with E-state index in [1.54, 1.807) is 25.3 Å². The van der Waals surface area contributed by atoms with E-state index in [0.29, 0.717) is 18.8 Å². The number of nitrogens with one attached hydrogen (secondary N) is 2. The smallest absolute Gasteiger partial charge is 0.383 e. The molecule has 34 heavy (non-hydrogen) atoms. The van der Waals surface area contributed by atoms with Crippen LogP contribution in [0.2, 0.25) is 0 Å². The van der Waals surface area contributed by atoms with Crippen molar-refractivity contribution in [3.05, 3.63) is 59.4 Å². The van der Waals surface area contributed by atoms with E-state index in [1.165, 1.54) is 6.07 Å². The van der Waals surface area contributed by atoms with Gasteiger partial charge in [0.05, 0.1) is 6.61 Å². The van der Waals surface area contributed by atoms with Gasteiger partial charge in [-0.25, -0.2) is 4.98 Å². The average molecular weight is 479 g/mol. The van der Waals surface area contributed by atoms with E-state index >= 15 is 0 Å². The average Bonchev–Trinajstić information content (AvgIpc) is 2.79. The van der Waals surface area contributed by atoms with E-state index < -0.39 is 17.8 Å². The van der Waals surface area contributed by atoms with Crippen molar-refractivity contribution in [1.82, 2.24) is 15.2 Å². The van der Waals surface area contributed by atoms with E-state index in [4.69, 9.17) is 4.74 Å². The Bertz CT molecular complexity index is 991. The van der Waals surface area contributed by atoms with Gasteiger partial charge in [-0.3, -0.25) is 14.5 Å². The molecule has 2 N–H and O–H groups in total. The van der Waals surface area contributed by atoms with Gasteiger partial charge >= 0.3 is 6.18 Å². The predicted molar refractivity (Wildman–Crippen MR) is 121 cm³/mol. The predicted octanol–water partition coefficient (Wildman–Crippen LogP) is 3.72. The minimum atomic E-state index is -4.62. The standard InChI is InChI=1S/C24H29F3N4O3/c1-16(15-34-2)28-22(32)18-9-11-31(12-10-18)14-17-5-3-6-19(13-17)29-23(33)20-7-4-8-21(30-20)24(25,26)27/h3-8,13,16,18H,9-12,14-15H2,1-2H3,(H,28,32)(H,29,33). The van der Waals surface area contributed by atoms with Gasteiger partial charge in [0, 0.05) is 31.3 Å². The first kappa shape index (κ1) is 25.6. The summed E-state index contributed by atoms with van der Waals surface area (Å²) in [5, 5.41) is 5.59. The topological polar surface area (TPSA) is 83.6 Å². The highest BCUT2D eigenvalue weighted by atomic mass is 19.4. The third kappa shape index (κ3) is 7.26. The Morgan fingerprint density at radius 1 is 1.18 bits per heavy atom. The van der Waals surface area contributed by atoms with Crippen molar-refractivity contribution in [1.29, 1.82) is 0 Å². The van der Waals surface area contributed by atoms with Crippen molar-refractivity contribution in [3.63, 3.8) is 0 Å². The number of piperidine rings is 1. The maximum atomic E-state index is 12.9. The molecular formula is C24H29F3N4O3. The number of benzene rings is 1. The number of pyridine rings is 1. The summed E-state index contributed by atoms with van der Waals surface area (Å²) in [6.07, 6.45) is -3.11. The van der Waals surface area contributed by atoms with Crippen molar-refractivity contribution >= 4 is 17.5 Å². The second-order valence-corrected chi connectivity index (χ2v) is 8.48. The van der Waals surface area contributed by atoms with Crippen molar-refractivity contribution in [2.75, 3.05) is 32.1 Å². The second-order valence-electron chi connectivity index (χ2n) is 8.48. The number of carbonyl (C=O) groups is 2. The third-order valence-electron chi connectivity index (χ3n) is 5.63. The first-order valence-corrected chi connectivity index (χ1v) is 11.1. The molecule has 2 heterocycles. The summed E-state index contributed by atoms with van der Waals surface area (Å²) < 4.78 is 43.6. The molecule has 10 heteroatoms. The van der Waals surface area contributed by atoms with E-state index in [9.17, 15) is 22.8 Å². The summed E-state index contributed by atoms with van der Waals surface area (Å²) in [5.74, 6) is -0.684. The SMILES string of the molecule is COCC(C)NC(=O)C1CCN(Cc2cccc(NC(=O)c3cccc(C(F)(F)F)n3)c2)CC1. The van der Waals surface area contributed by atoms with Gasteiger partial charge in [0.25, 0.3) is 5.91 Å². The minimum absolute atomic E-state index is 0.0267. The van der Waals surface area contributed by atoms with Gasteiger partial charge in [0.1, 0.15) is 11.4 Å². The molecule has 1 aromatic carbocycles. The highest BCUT2D eigenvalue weighted by Gasteiger charge is 2.33. The van der Waals surface area contributed by atoms with E-state index in [2.05, 4.69) is 20.5 Å². The maximum absolute atomic E-state index is 12.9. The van der Waals surface area contributed by atoms with Gasteiger partial charge in [-0.05, 0) is 62.7 Å². The number of nitrogens with zero attached hydrogens (tertiary/aromatic N) is 2. The monoisotopic (exact) mass is 478 g/mol. The molecule has 1 fully saturated rings. The number of anilines is 1. The van der Waals surface area contributed by atoms with Crippen LogP contribution in [0.15, 0.2) is 42.5 Å². The Labute approximate surface area is 196 Å². The quantitative estimate of drug-likeness (QED) is 0.604. The largest absolute Gasteiger partial charge is 0.433 e.